The summed E-state index contributed by atoms with van der Waals surface area (Å²) in [5.41, 5.74) is 1.66. The van der Waals surface area contributed by atoms with Crippen LogP contribution in [0.2, 0.25) is 10.0 Å². The van der Waals surface area contributed by atoms with Crippen LogP contribution in [0.25, 0.3) is 0 Å². The Hall–Kier alpha value is -2.59. The molecule has 0 radical (unpaired) electrons. The molecule has 0 spiro atoms. The highest BCUT2D eigenvalue weighted by Crippen LogP contribution is 2.29. The Morgan fingerprint density at radius 1 is 0.974 bits per heavy atom. The van der Waals surface area contributed by atoms with Gasteiger partial charge in [-0.25, -0.2) is 8.42 Å². The van der Waals surface area contributed by atoms with Crippen LogP contribution < -0.4 is 9.62 Å². The molecular formula is C27H28BrCl2N3O4S. The van der Waals surface area contributed by atoms with Crippen LogP contribution in [0.15, 0.2) is 76.1 Å². The van der Waals surface area contributed by atoms with E-state index in [0.29, 0.717) is 21.3 Å². The average molecular weight is 641 g/mol. The number of sulfonamides is 1. The van der Waals surface area contributed by atoms with Crippen LogP contribution in [-0.4, -0.2) is 44.8 Å². The second-order valence-electron chi connectivity index (χ2n) is 8.56. The Morgan fingerprint density at radius 3 is 2.08 bits per heavy atom. The topological polar surface area (TPSA) is 86.8 Å². The highest BCUT2D eigenvalue weighted by atomic mass is 79.9. The Balaban J connectivity index is 2.09. The van der Waals surface area contributed by atoms with Gasteiger partial charge in [0.25, 0.3) is 10.0 Å². The van der Waals surface area contributed by atoms with Crippen LogP contribution in [0.4, 0.5) is 5.69 Å². The molecule has 0 bridgehead atoms. The van der Waals surface area contributed by atoms with Crippen molar-refractivity contribution in [1.82, 2.24) is 10.2 Å². The molecule has 3 aromatic carbocycles. The second-order valence-corrected chi connectivity index (χ2v) is 12.2. The van der Waals surface area contributed by atoms with E-state index in [1.807, 2.05) is 6.92 Å². The zero-order chi connectivity index (χ0) is 28.0. The first-order valence-corrected chi connectivity index (χ1v) is 14.8. The van der Waals surface area contributed by atoms with Crippen LogP contribution >= 0.6 is 39.1 Å². The third-order valence-corrected chi connectivity index (χ3v) is 9.05. The van der Waals surface area contributed by atoms with Crippen molar-refractivity contribution >= 4 is 66.7 Å². The largest absolute Gasteiger partial charge is 0.357 e. The van der Waals surface area contributed by atoms with Gasteiger partial charge in [0, 0.05) is 33.7 Å². The van der Waals surface area contributed by atoms with Crippen LogP contribution in [0.3, 0.4) is 0 Å². The monoisotopic (exact) mass is 639 g/mol. The number of benzene rings is 3. The minimum absolute atomic E-state index is 0.0397. The third-order valence-electron chi connectivity index (χ3n) is 6.02. The molecule has 3 aromatic rings. The fourth-order valence-corrected chi connectivity index (χ4v) is 6.11. The molecule has 0 fully saturated rings. The van der Waals surface area contributed by atoms with Gasteiger partial charge >= 0.3 is 0 Å². The minimum atomic E-state index is -4.14. The van der Waals surface area contributed by atoms with E-state index in [4.69, 9.17) is 23.2 Å². The maximum atomic E-state index is 13.9. The molecule has 0 heterocycles. The molecule has 0 saturated carbocycles. The zero-order valence-electron chi connectivity index (χ0n) is 21.1. The van der Waals surface area contributed by atoms with Gasteiger partial charge in [-0.1, -0.05) is 69.8 Å². The number of carbonyl (C=O) groups excluding carboxylic acids is 2. The highest BCUT2D eigenvalue weighted by Gasteiger charge is 2.34. The van der Waals surface area contributed by atoms with Gasteiger partial charge in [0.15, 0.2) is 0 Å². The molecule has 0 saturated heterocycles. The summed E-state index contributed by atoms with van der Waals surface area (Å²) >= 11 is 16.1. The zero-order valence-corrected chi connectivity index (χ0v) is 25.0. The van der Waals surface area contributed by atoms with Gasteiger partial charge in [0.2, 0.25) is 11.8 Å². The van der Waals surface area contributed by atoms with E-state index in [0.717, 1.165) is 14.3 Å². The molecule has 2 amide bonds. The molecule has 0 aromatic heterocycles. The fourth-order valence-electron chi connectivity index (χ4n) is 3.91. The van der Waals surface area contributed by atoms with Gasteiger partial charge < -0.3 is 10.2 Å². The number of halogens is 3. The third kappa shape index (κ3) is 6.88. The van der Waals surface area contributed by atoms with Gasteiger partial charge in [-0.05, 0) is 61.9 Å². The number of anilines is 1. The van der Waals surface area contributed by atoms with Crippen LogP contribution in [0.5, 0.6) is 0 Å². The van der Waals surface area contributed by atoms with Gasteiger partial charge in [-0.2, -0.15) is 0 Å². The smallest absolute Gasteiger partial charge is 0.264 e. The van der Waals surface area contributed by atoms with E-state index in [1.165, 1.54) is 24.1 Å². The number of carbonyl (C=O) groups is 2. The van der Waals surface area contributed by atoms with Crippen molar-refractivity contribution in [3.8, 4) is 0 Å². The number of amides is 2. The van der Waals surface area contributed by atoms with Crippen molar-refractivity contribution < 1.29 is 18.0 Å². The van der Waals surface area contributed by atoms with Crippen LogP contribution in [-0.2, 0) is 26.2 Å². The average Bonchev–Trinajstić information content (AvgIpc) is 2.89. The van der Waals surface area contributed by atoms with Crippen molar-refractivity contribution in [3.63, 3.8) is 0 Å². The molecule has 1 atom stereocenters. The quantitative estimate of drug-likeness (QED) is 0.303. The van der Waals surface area contributed by atoms with Crippen molar-refractivity contribution in [3.05, 3.63) is 92.4 Å². The number of hydrogen-bond donors (Lipinski definition) is 1. The molecule has 1 N–H and O–H groups in total. The molecule has 0 aliphatic rings. The summed E-state index contributed by atoms with van der Waals surface area (Å²) in [6.07, 6.45) is 0.288. The number of nitrogens with one attached hydrogen (secondary N) is 1. The summed E-state index contributed by atoms with van der Waals surface area (Å²) in [4.78, 5) is 28.1. The number of aryl methyl sites for hydroxylation is 1. The van der Waals surface area contributed by atoms with Gasteiger partial charge in [0.05, 0.1) is 10.6 Å². The van der Waals surface area contributed by atoms with Crippen LogP contribution in [0, 0.1) is 6.92 Å². The highest BCUT2D eigenvalue weighted by molar-refractivity contribution is 9.10. The van der Waals surface area contributed by atoms with Crippen molar-refractivity contribution in [2.75, 3.05) is 17.9 Å². The van der Waals surface area contributed by atoms with Crippen LogP contribution in [0.1, 0.15) is 24.5 Å². The predicted molar refractivity (Wildman–Crippen MR) is 155 cm³/mol. The Morgan fingerprint density at radius 2 is 1.55 bits per heavy atom. The molecule has 0 aliphatic carbocycles. The lowest BCUT2D eigenvalue weighted by Gasteiger charge is -2.33. The molecular weight excluding hydrogens is 613 g/mol. The second kappa shape index (κ2) is 13.0. The van der Waals surface area contributed by atoms with Crippen molar-refractivity contribution in [2.24, 2.45) is 0 Å². The maximum absolute atomic E-state index is 13.9. The van der Waals surface area contributed by atoms with Gasteiger partial charge in [0.1, 0.15) is 12.6 Å². The lowest BCUT2D eigenvalue weighted by molar-refractivity contribution is -0.140. The summed E-state index contributed by atoms with van der Waals surface area (Å²) in [6.45, 7) is 2.99. The minimum Gasteiger partial charge on any atom is -0.357 e. The standard InChI is InChI=1S/C27H28BrCl2N3O4S/c1-4-25(27(35)31-3)32(16-22-23(29)6-5-7-24(22)30)26(34)17-33(20-12-10-19(28)11-13-20)38(36,37)21-14-8-18(2)9-15-21/h5-15,25H,4,16-17H2,1-3H3,(H,31,35)/t25-/m1/s1. The Labute approximate surface area is 241 Å². The summed E-state index contributed by atoms with van der Waals surface area (Å²) in [5.74, 6) is -0.976. The number of hydrogen-bond acceptors (Lipinski definition) is 4. The first-order chi connectivity index (χ1) is 18.0. The molecule has 38 heavy (non-hydrogen) atoms. The normalized spacial score (nSPS) is 12.1. The Bertz CT molecular complexity index is 1380. The number of likely N-dealkylation sites (N-methyl/N-ethyl adjacent to an activating group) is 1. The summed E-state index contributed by atoms with van der Waals surface area (Å²) in [6, 6.07) is 17.1. The van der Waals surface area contributed by atoms with Gasteiger partial charge in [-0.15, -0.1) is 0 Å². The summed E-state index contributed by atoms with van der Waals surface area (Å²) < 4.78 is 29.4. The van der Waals surface area contributed by atoms with E-state index in [2.05, 4.69) is 21.2 Å². The van der Waals surface area contributed by atoms with Crippen molar-refractivity contribution in [2.45, 2.75) is 37.8 Å². The molecule has 202 valence electrons. The van der Waals surface area contributed by atoms with Gasteiger partial charge in [-0.3, -0.25) is 13.9 Å². The fraction of sp³-hybridized carbons (Fsp3) is 0.259. The first-order valence-electron chi connectivity index (χ1n) is 11.8. The summed E-state index contributed by atoms with van der Waals surface area (Å²) in [5, 5.41) is 3.25. The van der Waals surface area contributed by atoms with E-state index in [1.54, 1.807) is 61.5 Å². The molecule has 0 aliphatic heterocycles. The van der Waals surface area contributed by atoms with Crippen molar-refractivity contribution in [1.29, 1.82) is 0 Å². The number of rotatable bonds is 10. The molecule has 3 rings (SSSR count). The Kier molecular flexibility index (Phi) is 10.2. The maximum Gasteiger partial charge on any atom is 0.264 e. The van der Waals surface area contributed by atoms with E-state index in [9.17, 15) is 18.0 Å². The number of nitrogens with zero attached hydrogens (tertiary/aromatic N) is 2. The lowest BCUT2D eigenvalue weighted by Crippen LogP contribution is -2.51. The van der Waals surface area contributed by atoms with E-state index >= 15 is 0 Å². The summed E-state index contributed by atoms with van der Waals surface area (Å²) in [7, 11) is -2.66. The first kappa shape index (κ1) is 30.0. The van der Waals surface area contributed by atoms with E-state index in [-0.39, 0.29) is 23.8 Å². The predicted octanol–water partition coefficient (Wildman–Crippen LogP) is 5.81. The SMILES string of the molecule is CC[C@H](C(=O)NC)N(Cc1c(Cl)cccc1Cl)C(=O)CN(c1ccc(Br)cc1)S(=O)(=O)c1ccc(C)cc1. The molecule has 0 unspecified atom stereocenters. The molecule has 7 nitrogen and oxygen atoms in total. The molecule has 11 heteroatoms. The lowest BCUT2D eigenvalue weighted by atomic mass is 10.1. The van der Waals surface area contributed by atoms with E-state index < -0.39 is 28.5 Å².